The van der Waals surface area contributed by atoms with Crippen molar-refractivity contribution in [1.82, 2.24) is 0 Å². The van der Waals surface area contributed by atoms with Crippen molar-refractivity contribution >= 4 is 28.9 Å². The molecule has 1 saturated heterocycles. The third-order valence-electron chi connectivity index (χ3n) is 5.17. The molecule has 0 atom stereocenters. The number of esters is 1. The Morgan fingerprint density at radius 3 is 2.50 bits per heavy atom. The van der Waals surface area contributed by atoms with Crippen LogP contribution in [-0.2, 0) is 16.0 Å². The van der Waals surface area contributed by atoms with Crippen LogP contribution in [0.2, 0.25) is 0 Å². The highest BCUT2D eigenvalue weighted by Gasteiger charge is 2.21. The van der Waals surface area contributed by atoms with E-state index in [1.165, 1.54) is 18.2 Å². The van der Waals surface area contributed by atoms with Crippen molar-refractivity contribution in [2.24, 2.45) is 0 Å². The SMILES string of the molecule is CC(C)(C)OC(=O)Cc1cc(F)ccc1NC(=O)c1ccc(N2CCC(O)CC2)c(N)c1. The third kappa shape index (κ3) is 6.20. The molecule has 7 nitrogen and oxygen atoms in total. The van der Waals surface area contributed by atoms with Gasteiger partial charge in [-0.05, 0) is 75.6 Å². The number of piperidine rings is 1. The summed E-state index contributed by atoms with van der Waals surface area (Å²) in [7, 11) is 0. The first-order chi connectivity index (χ1) is 15.0. The number of aliphatic hydroxyl groups excluding tert-OH is 1. The molecule has 32 heavy (non-hydrogen) atoms. The molecule has 172 valence electrons. The van der Waals surface area contributed by atoms with E-state index in [0.717, 1.165) is 5.69 Å². The summed E-state index contributed by atoms with van der Waals surface area (Å²) in [6.45, 7) is 6.64. The second kappa shape index (κ2) is 9.56. The molecule has 0 spiro atoms. The van der Waals surface area contributed by atoms with Crippen molar-refractivity contribution < 1.29 is 23.8 Å². The summed E-state index contributed by atoms with van der Waals surface area (Å²) in [6, 6.07) is 8.89. The minimum absolute atomic E-state index is 0.174. The van der Waals surface area contributed by atoms with Gasteiger partial charge in [0.1, 0.15) is 11.4 Å². The molecule has 3 rings (SSSR count). The van der Waals surface area contributed by atoms with Gasteiger partial charge in [-0.3, -0.25) is 9.59 Å². The normalized spacial score (nSPS) is 14.8. The number of nitrogens with two attached hydrogens (primary N) is 1. The average Bonchev–Trinajstić information content (AvgIpc) is 2.69. The lowest BCUT2D eigenvalue weighted by molar-refractivity contribution is -0.153. The zero-order valence-corrected chi connectivity index (χ0v) is 18.7. The van der Waals surface area contributed by atoms with Gasteiger partial charge in [-0.1, -0.05) is 0 Å². The van der Waals surface area contributed by atoms with E-state index >= 15 is 0 Å². The van der Waals surface area contributed by atoms with E-state index in [2.05, 4.69) is 10.2 Å². The van der Waals surface area contributed by atoms with Crippen molar-refractivity contribution in [2.45, 2.75) is 51.7 Å². The van der Waals surface area contributed by atoms with Gasteiger partial charge in [0.05, 0.1) is 23.9 Å². The van der Waals surface area contributed by atoms with Crippen LogP contribution in [0.5, 0.6) is 0 Å². The summed E-state index contributed by atoms with van der Waals surface area (Å²) >= 11 is 0. The number of nitrogens with one attached hydrogen (secondary N) is 1. The molecule has 0 bridgehead atoms. The predicted octanol–water partition coefficient (Wildman–Crippen LogP) is 3.51. The summed E-state index contributed by atoms with van der Waals surface area (Å²) < 4.78 is 19.1. The molecule has 1 fully saturated rings. The minimum atomic E-state index is -0.667. The van der Waals surface area contributed by atoms with Gasteiger partial charge in [-0.25, -0.2) is 4.39 Å². The number of aliphatic hydroxyl groups is 1. The lowest BCUT2D eigenvalue weighted by Gasteiger charge is -2.32. The second-order valence-corrected chi connectivity index (χ2v) is 9.01. The first kappa shape index (κ1) is 23.5. The Hall–Kier alpha value is -3.13. The van der Waals surface area contributed by atoms with Crippen LogP contribution in [0, 0.1) is 5.82 Å². The van der Waals surface area contributed by atoms with Gasteiger partial charge in [-0.15, -0.1) is 0 Å². The fraction of sp³-hybridized carbons (Fsp3) is 0.417. The van der Waals surface area contributed by atoms with Gasteiger partial charge in [0, 0.05) is 24.3 Å². The number of halogens is 1. The number of rotatable bonds is 5. The predicted molar refractivity (Wildman–Crippen MR) is 122 cm³/mol. The first-order valence-electron chi connectivity index (χ1n) is 10.7. The molecule has 0 unspecified atom stereocenters. The van der Waals surface area contributed by atoms with E-state index in [4.69, 9.17) is 10.5 Å². The van der Waals surface area contributed by atoms with Crippen LogP contribution in [0.3, 0.4) is 0 Å². The number of carbonyl (C=O) groups is 2. The summed E-state index contributed by atoms with van der Waals surface area (Å²) in [4.78, 5) is 27.1. The molecule has 1 aliphatic heterocycles. The van der Waals surface area contributed by atoms with Crippen molar-refractivity contribution in [2.75, 3.05) is 29.0 Å². The number of anilines is 3. The number of nitrogens with zero attached hydrogens (tertiary/aromatic N) is 1. The monoisotopic (exact) mass is 443 g/mol. The van der Waals surface area contributed by atoms with E-state index in [0.29, 0.717) is 48.4 Å². The molecule has 0 aliphatic carbocycles. The molecule has 8 heteroatoms. The summed E-state index contributed by atoms with van der Waals surface area (Å²) in [5.41, 5.74) is 7.81. The Labute approximate surface area is 187 Å². The number of hydrogen-bond acceptors (Lipinski definition) is 6. The van der Waals surface area contributed by atoms with Crippen LogP contribution in [0.25, 0.3) is 0 Å². The summed E-state index contributed by atoms with van der Waals surface area (Å²) in [5.74, 6) is -1.45. The largest absolute Gasteiger partial charge is 0.460 e. The second-order valence-electron chi connectivity index (χ2n) is 9.01. The van der Waals surface area contributed by atoms with Gasteiger partial charge in [0.25, 0.3) is 5.91 Å². The molecule has 4 N–H and O–H groups in total. The van der Waals surface area contributed by atoms with Crippen molar-refractivity contribution in [3.8, 4) is 0 Å². The van der Waals surface area contributed by atoms with Crippen LogP contribution in [0.15, 0.2) is 36.4 Å². The Morgan fingerprint density at radius 2 is 1.88 bits per heavy atom. The number of carbonyl (C=O) groups excluding carboxylic acids is 2. The van der Waals surface area contributed by atoms with Gasteiger partial charge in [0.15, 0.2) is 0 Å². The number of hydrogen-bond donors (Lipinski definition) is 3. The van der Waals surface area contributed by atoms with E-state index in [1.54, 1.807) is 39.0 Å². The van der Waals surface area contributed by atoms with Crippen molar-refractivity contribution in [1.29, 1.82) is 0 Å². The molecular formula is C24H30FN3O4. The van der Waals surface area contributed by atoms with Crippen LogP contribution >= 0.6 is 0 Å². The zero-order valence-electron chi connectivity index (χ0n) is 18.7. The minimum Gasteiger partial charge on any atom is -0.460 e. The Kier molecular flexibility index (Phi) is 7.03. The third-order valence-corrected chi connectivity index (χ3v) is 5.17. The van der Waals surface area contributed by atoms with E-state index in [9.17, 15) is 19.1 Å². The fourth-order valence-corrected chi connectivity index (χ4v) is 3.65. The average molecular weight is 444 g/mol. The van der Waals surface area contributed by atoms with Crippen LogP contribution in [-0.4, -0.2) is 41.8 Å². The van der Waals surface area contributed by atoms with Crippen LogP contribution in [0.1, 0.15) is 49.5 Å². The highest BCUT2D eigenvalue weighted by Crippen LogP contribution is 2.28. The first-order valence-corrected chi connectivity index (χ1v) is 10.7. The zero-order chi connectivity index (χ0) is 23.5. The van der Waals surface area contributed by atoms with Crippen molar-refractivity contribution in [3.05, 3.63) is 53.3 Å². The molecule has 1 aliphatic rings. The summed E-state index contributed by atoms with van der Waals surface area (Å²) in [5, 5.41) is 12.4. The maximum Gasteiger partial charge on any atom is 0.310 e. The number of amides is 1. The molecular weight excluding hydrogens is 413 g/mol. The number of benzene rings is 2. The van der Waals surface area contributed by atoms with Crippen molar-refractivity contribution in [3.63, 3.8) is 0 Å². The smallest absolute Gasteiger partial charge is 0.310 e. The van der Waals surface area contributed by atoms with Crippen LogP contribution < -0.4 is 16.0 Å². The van der Waals surface area contributed by atoms with Gasteiger partial charge < -0.3 is 25.8 Å². The standard InChI is InChI=1S/C24H30FN3O4/c1-24(2,3)32-22(30)14-16-12-17(25)5-6-20(16)27-23(31)15-4-7-21(19(26)13-15)28-10-8-18(29)9-11-28/h4-7,12-13,18,29H,8-11,14,26H2,1-3H3,(H,27,31). The Balaban J connectivity index is 1.74. The maximum atomic E-state index is 13.8. The number of nitrogen functional groups attached to an aromatic ring is 1. The molecule has 0 saturated carbocycles. The molecule has 0 aromatic heterocycles. The Bertz CT molecular complexity index is 995. The van der Waals surface area contributed by atoms with Gasteiger partial charge >= 0.3 is 5.97 Å². The summed E-state index contributed by atoms with van der Waals surface area (Å²) in [6.07, 6.45) is 0.884. The van der Waals surface area contributed by atoms with Gasteiger partial charge in [-0.2, -0.15) is 0 Å². The van der Waals surface area contributed by atoms with E-state index in [1.807, 2.05) is 0 Å². The molecule has 1 heterocycles. The molecule has 2 aromatic carbocycles. The molecule has 2 aromatic rings. The highest BCUT2D eigenvalue weighted by atomic mass is 19.1. The van der Waals surface area contributed by atoms with Crippen LogP contribution in [0.4, 0.5) is 21.5 Å². The van der Waals surface area contributed by atoms with Gasteiger partial charge in [0.2, 0.25) is 0 Å². The lowest BCUT2D eigenvalue weighted by atomic mass is 10.1. The van der Waals surface area contributed by atoms with E-state index < -0.39 is 23.3 Å². The molecule has 1 amide bonds. The quantitative estimate of drug-likeness (QED) is 0.483. The lowest BCUT2D eigenvalue weighted by Crippen LogP contribution is -2.36. The Morgan fingerprint density at radius 1 is 1.19 bits per heavy atom. The van der Waals surface area contributed by atoms with E-state index in [-0.39, 0.29) is 12.5 Å². The highest BCUT2D eigenvalue weighted by molar-refractivity contribution is 6.06. The number of ether oxygens (including phenoxy) is 1. The maximum absolute atomic E-state index is 13.8. The topological polar surface area (TPSA) is 105 Å². The fourth-order valence-electron chi connectivity index (χ4n) is 3.65. The molecule has 0 radical (unpaired) electrons.